The average molecular weight is 422 g/mol. The van der Waals surface area contributed by atoms with Crippen LogP contribution < -0.4 is 14.4 Å². The second-order valence-electron chi connectivity index (χ2n) is 9.03. The highest BCUT2D eigenvalue weighted by Gasteiger charge is 2.23. The number of fused-ring (bicyclic) bond motifs is 1. The second kappa shape index (κ2) is 8.83. The molecule has 1 aliphatic rings. The van der Waals surface area contributed by atoms with E-state index in [9.17, 15) is 0 Å². The number of ether oxygens (including phenoxy) is 2. The minimum atomic E-state index is 0.387. The number of likely N-dealkylation sites (N-methyl/N-ethyl adjacent to an activating group) is 2. The van der Waals surface area contributed by atoms with Crippen LogP contribution in [-0.2, 0) is 0 Å². The van der Waals surface area contributed by atoms with E-state index in [1.165, 1.54) is 41.5 Å². The van der Waals surface area contributed by atoms with Crippen LogP contribution in [-0.4, -0.2) is 57.3 Å². The van der Waals surface area contributed by atoms with Crippen LogP contribution in [0.25, 0.3) is 22.2 Å². The van der Waals surface area contributed by atoms with Crippen LogP contribution in [0.1, 0.15) is 38.2 Å². The molecule has 0 bridgehead atoms. The van der Waals surface area contributed by atoms with Gasteiger partial charge in [-0.15, -0.1) is 0 Å². The number of methoxy groups -OCH3 is 2. The Balaban J connectivity index is 1.74. The summed E-state index contributed by atoms with van der Waals surface area (Å²) in [6.45, 7) is 6.79. The first kappa shape index (κ1) is 21.6. The normalized spacial score (nSPS) is 16.9. The fourth-order valence-corrected chi connectivity index (χ4v) is 4.89. The van der Waals surface area contributed by atoms with Gasteiger partial charge < -0.3 is 24.3 Å². The second-order valence-corrected chi connectivity index (χ2v) is 9.03. The number of nitrogens with one attached hydrogen (secondary N) is 1. The van der Waals surface area contributed by atoms with E-state index in [0.717, 1.165) is 29.3 Å². The molecular weight excluding hydrogens is 386 g/mol. The molecule has 3 aromatic rings. The van der Waals surface area contributed by atoms with Crippen LogP contribution in [0.3, 0.4) is 0 Å². The lowest BCUT2D eigenvalue weighted by molar-refractivity contribution is 0.314. The third-order valence-corrected chi connectivity index (χ3v) is 6.67. The highest BCUT2D eigenvalue weighted by Crippen LogP contribution is 2.40. The number of hydrogen-bond acceptors (Lipinski definition) is 4. The van der Waals surface area contributed by atoms with Crippen molar-refractivity contribution in [3.63, 3.8) is 0 Å². The molecule has 2 aromatic carbocycles. The highest BCUT2D eigenvalue weighted by atomic mass is 16.5. The van der Waals surface area contributed by atoms with E-state index in [-0.39, 0.29) is 0 Å². The maximum absolute atomic E-state index is 5.55. The van der Waals surface area contributed by atoms with Crippen LogP contribution in [0.15, 0.2) is 36.4 Å². The maximum Gasteiger partial charge on any atom is 0.161 e. The number of nitrogens with zero attached hydrogens (tertiary/aromatic N) is 2. The third-order valence-electron chi connectivity index (χ3n) is 6.67. The monoisotopic (exact) mass is 421 g/mol. The van der Waals surface area contributed by atoms with Gasteiger partial charge in [0.15, 0.2) is 11.5 Å². The zero-order valence-electron chi connectivity index (χ0n) is 19.7. The molecule has 5 heteroatoms. The van der Waals surface area contributed by atoms with Crippen LogP contribution >= 0.6 is 0 Å². The van der Waals surface area contributed by atoms with E-state index >= 15 is 0 Å². The predicted octanol–water partition coefficient (Wildman–Crippen LogP) is 5.51. The number of likely N-dealkylation sites (tertiary alicyclic amines) is 1. The Morgan fingerprint density at radius 3 is 2.52 bits per heavy atom. The van der Waals surface area contributed by atoms with Gasteiger partial charge in [-0.2, -0.15) is 0 Å². The minimum absolute atomic E-state index is 0.387. The lowest BCUT2D eigenvalue weighted by atomic mass is 9.95. The van der Waals surface area contributed by atoms with E-state index in [2.05, 4.69) is 73.1 Å². The SMILES string of the molecule is COc1ccc(-c2[nH]c3ccc(N(C)CC4CCCN4C)cc3c2C(C)C)cc1OC. The Morgan fingerprint density at radius 1 is 1.10 bits per heavy atom. The topological polar surface area (TPSA) is 40.7 Å². The zero-order chi connectivity index (χ0) is 22.1. The van der Waals surface area contributed by atoms with Gasteiger partial charge in [0.1, 0.15) is 0 Å². The van der Waals surface area contributed by atoms with Crippen molar-refractivity contribution < 1.29 is 9.47 Å². The van der Waals surface area contributed by atoms with Crippen LogP contribution in [0.5, 0.6) is 11.5 Å². The zero-order valence-corrected chi connectivity index (χ0v) is 19.7. The fraction of sp³-hybridized carbons (Fsp3) is 0.462. The Hall–Kier alpha value is -2.66. The summed E-state index contributed by atoms with van der Waals surface area (Å²) >= 11 is 0. The molecule has 1 saturated heterocycles. The molecule has 0 radical (unpaired) electrons. The molecule has 1 unspecified atom stereocenters. The summed E-state index contributed by atoms with van der Waals surface area (Å²) in [6.07, 6.45) is 2.59. The number of aromatic amines is 1. The molecule has 1 aliphatic heterocycles. The summed E-state index contributed by atoms with van der Waals surface area (Å²) in [4.78, 5) is 8.56. The highest BCUT2D eigenvalue weighted by molar-refractivity contribution is 5.93. The average Bonchev–Trinajstić information content (AvgIpc) is 3.35. The quantitative estimate of drug-likeness (QED) is 0.546. The van der Waals surface area contributed by atoms with Gasteiger partial charge >= 0.3 is 0 Å². The standard InChI is InChI=1S/C26H35N3O2/c1-17(2)25-21-15-19(29(4)16-20-8-7-13-28(20)3)10-11-22(21)27-26(25)18-9-12-23(30-5)24(14-18)31-6/h9-12,14-15,17,20,27H,7-8,13,16H2,1-6H3. The number of rotatable bonds is 7. The number of aromatic nitrogens is 1. The van der Waals surface area contributed by atoms with Crippen molar-refractivity contribution in [1.82, 2.24) is 9.88 Å². The summed E-state index contributed by atoms with van der Waals surface area (Å²) < 4.78 is 11.0. The van der Waals surface area contributed by atoms with Gasteiger partial charge in [-0.3, -0.25) is 0 Å². The van der Waals surface area contributed by atoms with Crippen molar-refractivity contribution >= 4 is 16.6 Å². The molecular formula is C26H35N3O2. The smallest absolute Gasteiger partial charge is 0.161 e. The Kier molecular flexibility index (Phi) is 6.15. The van der Waals surface area contributed by atoms with Crippen molar-refractivity contribution in [2.45, 2.75) is 38.6 Å². The van der Waals surface area contributed by atoms with Gasteiger partial charge in [-0.05, 0) is 74.3 Å². The fourth-order valence-electron chi connectivity index (χ4n) is 4.89. The molecule has 2 heterocycles. The lowest BCUT2D eigenvalue weighted by Crippen LogP contribution is -2.36. The molecule has 1 N–H and O–H groups in total. The van der Waals surface area contributed by atoms with Gasteiger partial charge in [0.05, 0.1) is 19.9 Å². The van der Waals surface area contributed by atoms with Crippen molar-refractivity contribution in [2.75, 3.05) is 46.3 Å². The predicted molar refractivity (Wildman–Crippen MR) is 130 cm³/mol. The van der Waals surface area contributed by atoms with E-state index in [1.807, 2.05) is 6.07 Å². The molecule has 1 fully saturated rings. The van der Waals surface area contributed by atoms with Crippen molar-refractivity contribution in [2.24, 2.45) is 0 Å². The molecule has 0 spiro atoms. The van der Waals surface area contributed by atoms with E-state index in [1.54, 1.807) is 14.2 Å². The molecule has 4 rings (SSSR count). The lowest BCUT2D eigenvalue weighted by Gasteiger charge is -2.27. The number of hydrogen-bond donors (Lipinski definition) is 1. The van der Waals surface area contributed by atoms with E-state index < -0.39 is 0 Å². The molecule has 31 heavy (non-hydrogen) atoms. The molecule has 5 nitrogen and oxygen atoms in total. The molecule has 1 atom stereocenters. The van der Waals surface area contributed by atoms with Crippen molar-refractivity contribution in [3.8, 4) is 22.8 Å². The number of anilines is 1. The van der Waals surface area contributed by atoms with Crippen LogP contribution in [0.4, 0.5) is 5.69 Å². The number of benzene rings is 2. The first-order valence-electron chi connectivity index (χ1n) is 11.2. The number of H-pyrrole nitrogens is 1. The maximum atomic E-state index is 5.55. The van der Waals surface area contributed by atoms with Gasteiger partial charge in [-0.25, -0.2) is 0 Å². The van der Waals surface area contributed by atoms with Crippen LogP contribution in [0, 0.1) is 0 Å². The van der Waals surface area contributed by atoms with E-state index in [4.69, 9.17) is 9.47 Å². The van der Waals surface area contributed by atoms with Crippen molar-refractivity contribution in [3.05, 3.63) is 42.0 Å². The largest absolute Gasteiger partial charge is 0.493 e. The van der Waals surface area contributed by atoms with Gasteiger partial charge in [-0.1, -0.05) is 13.8 Å². The van der Waals surface area contributed by atoms with Gasteiger partial charge in [0.2, 0.25) is 0 Å². The van der Waals surface area contributed by atoms with Gasteiger partial charge in [0.25, 0.3) is 0 Å². The molecule has 0 saturated carbocycles. The summed E-state index contributed by atoms with van der Waals surface area (Å²) in [7, 11) is 7.80. The molecule has 0 amide bonds. The Morgan fingerprint density at radius 2 is 1.87 bits per heavy atom. The Labute approximate surface area is 185 Å². The van der Waals surface area contributed by atoms with E-state index in [0.29, 0.717) is 12.0 Å². The summed E-state index contributed by atoms with van der Waals surface area (Å²) in [5, 5.41) is 1.30. The van der Waals surface area contributed by atoms with Gasteiger partial charge in [0, 0.05) is 41.8 Å². The summed E-state index contributed by atoms with van der Waals surface area (Å²) in [5.74, 6) is 1.88. The molecule has 166 valence electrons. The Bertz CT molecular complexity index is 1060. The molecule has 1 aromatic heterocycles. The summed E-state index contributed by atoms with van der Waals surface area (Å²) in [6, 6.07) is 13.6. The first-order valence-corrected chi connectivity index (χ1v) is 11.2. The summed E-state index contributed by atoms with van der Waals surface area (Å²) in [5.41, 5.74) is 6.05. The van der Waals surface area contributed by atoms with Crippen LogP contribution in [0.2, 0.25) is 0 Å². The molecule has 0 aliphatic carbocycles. The minimum Gasteiger partial charge on any atom is -0.493 e. The van der Waals surface area contributed by atoms with Crippen molar-refractivity contribution in [1.29, 1.82) is 0 Å². The first-order chi connectivity index (χ1) is 14.9. The third kappa shape index (κ3) is 4.11.